The molecule has 1 saturated heterocycles. The maximum atomic E-state index is 13.0. The van der Waals surface area contributed by atoms with Gasteiger partial charge in [-0.25, -0.2) is 13.2 Å². The third kappa shape index (κ3) is 4.30. The van der Waals surface area contributed by atoms with Gasteiger partial charge in [0, 0.05) is 17.6 Å². The number of hydrogen-bond donors (Lipinski definition) is 0. The fourth-order valence-electron chi connectivity index (χ4n) is 3.23. The van der Waals surface area contributed by atoms with Gasteiger partial charge in [-0.2, -0.15) is 4.31 Å². The van der Waals surface area contributed by atoms with Crippen LogP contribution >= 0.6 is 15.9 Å². The van der Waals surface area contributed by atoms with Crippen LogP contribution in [0.5, 0.6) is 5.75 Å². The van der Waals surface area contributed by atoms with Gasteiger partial charge in [0.05, 0.1) is 23.7 Å². The van der Waals surface area contributed by atoms with Crippen molar-refractivity contribution in [1.82, 2.24) is 4.31 Å². The van der Waals surface area contributed by atoms with E-state index in [1.165, 1.54) is 10.4 Å². The van der Waals surface area contributed by atoms with Crippen molar-refractivity contribution in [2.24, 2.45) is 0 Å². The maximum Gasteiger partial charge on any atom is 0.343 e. The van der Waals surface area contributed by atoms with Gasteiger partial charge in [0.15, 0.2) is 0 Å². The van der Waals surface area contributed by atoms with Crippen molar-refractivity contribution in [2.45, 2.75) is 25.7 Å². The van der Waals surface area contributed by atoms with E-state index in [-0.39, 0.29) is 23.5 Å². The predicted octanol–water partition coefficient (Wildman–Crippen LogP) is 3.61. The van der Waals surface area contributed by atoms with E-state index in [4.69, 9.17) is 9.47 Å². The third-order valence-electron chi connectivity index (χ3n) is 4.55. The SMILES string of the molecule is Cc1cc(C)c(OC(=O)c2ccc(Br)c(S(=O)(=O)N3CCOCC3)c2)c(C)c1. The van der Waals surface area contributed by atoms with Crippen LogP contribution < -0.4 is 4.74 Å². The molecule has 1 aliphatic rings. The van der Waals surface area contributed by atoms with Crippen LogP contribution in [-0.2, 0) is 14.8 Å². The second-order valence-electron chi connectivity index (χ2n) is 6.78. The molecule has 0 saturated carbocycles. The number of carbonyl (C=O) groups is 1. The highest BCUT2D eigenvalue weighted by Crippen LogP contribution is 2.29. The van der Waals surface area contributed by atoms with E-state index in [0.29, 0.717) is 23.4 Å². The van der Waals surface area contributed by atoms with Gasteiger partial charge in [0.2, 0.25) is 10.0 Å². The fraction of sp³-hybridized carbons (Fsp3) is 0.350. The minimum absolute atomic E-state index is 0.0428. The van der Waals surface area contributed by atoms with Crippen LogP contribution in [0.4, 0.5) is 0 Å². The first kappa shape index (κ1) is 21.0. The molecule has 8 heteroatoms. The number of benzene rings is 2. The predicted molar refractivity (Wildman–Crippen MR) is 109 cm³/mol. The van der Waals surface area contributed by atoms with Crippen LogP contribution in [0.15, 0.2) is 39.7 Å². The number of ether oxygens (including phenoxy) is 2. The number of nitrogens with zero attached hydrogens (tertiary/aromatic N) is 1. The summed E-state index contributed by atoms with van der Waals surface area (Å²) in [5, 5.41) is 0. The summed E-state index contributed by atoms with van der Waals surface area (Å²) >= 11 is 3.29. The molecular formula is C20H22BrNO5S. The maximum absolute atomic E-state index is 13.0. The first-order valence-electron chi connectivity index (χ1n) is 8.87. The number of morpholine rings is 1. The molecule has 1 heterocycles. The van der Waals surface area contributed by atoms with Crippen LogP contribution in [0.25, 0.3) is 0 Å². The number of hydrogen-bond acceptors (Lipinski definition) is 5. The van der Waals surface area contributed by atoms with Gasteiger partial charge in [-0.05, 0) is 66.0 Å². The summed E-state index contributed by atoms with van der Waals surface area (Å²) in [4.78, 5) is 12.7. The Kier molecular flexibility index (Phi) is 6.24. The van der Waals surface area contributed by atoms with Crippen molar-refractivity contribution in [1.29, 1.82) is 0 Å². The van der Waals surface area contributed by atoms with Crippen LogP contribution in [-0.4, -0.2) is 45.0 Å². The van der Waals surface area contributed by atoms with Crippen molar-refractivity contribution in [3.05, 3.63) is 57.1 Å². The zero-order valence-corrected chi connectivity index (χ0v) is 18.4. The van der Waals surface area contributed by atoms with Gasteiger partial charge in [0.25, 0.3) is 0 Å². The molecule has 0 N–H and O–H groups in total. The van der Waals surface area contributed by atoms with Gasteiger partial charge in [-0.15, -0.1) is 0 Å². The lowest BCUT2D eigenvalue weighted by molar-refractivity contribution is 0.0726. The van der Waals surface area contributed by atoms with E-state index in [2.05, 4.69) is 15.9 Å². The lowest BCUT2D eigenvalue weighted by Gasteiger charge is -2.26. The van der Waals surface area contributed by atoms with Crippen molar-refractivity contribution >= 4 is 31.9 Å². The molecule has 0 amide bonds. The Hall–Kier alpha value is -1.74. The number of rotatable bonds is 4. The average molecular weight is 468 g/mol. The molecule has 0 unspecified atom stereocenters. The minimum Gasteiger partial charge on any atom is -0.422 e. The zero-order chi connectivity index (χ0) is 20.5. The molecule has 150 valence electrons. The molecule has 28 heavy (non-hydrogen) atoms. The molecule has 0 spiro atoms. The monoisotopic (exact) mass is 467 g/mol. The molecular weight excluding hydrogens is 446 g/mol. The molecule has 2 aromatic carbocycles. The minimum atomic E-state index is -3.74. The van der Waals surface area contributed by atoms with Gasteiger partial charge in [0.1, 0.15) is 5.75 Å². The van der Waals surface area contributed by atoms with Gasteiger partial charge >= 0.3 is 5.97 Å². The Labute approximate surface area is 173 Å². The molecule has 0 bridgehead atoms. The Bertz CT molecular complexity index is 990. The summed E-state index contributed by atoms with van der Waals surface area (Å²) in [6, 6.07) is 8.33. The highest BCUT2D eigenvalue weighted by Gasteiger charge is 2.29. The van der Waals surface area contributed by atoms with E-state index in [1.807, 2.05) is 32.9 Å². The number of carbonyl (C=O) groups excluding carboxylic acids is 1. The van der Waals surface area contributed by atoms with E-state index in [9.17, 15) is 13.2 Å². The molecule has 0 radical (unpaired) electrons. The average Bonchev–Trinajstić information content (AvgIpc) is 2.65. The second kappa shape index (κ2) is 8.32. The van der Waals surface area contributed by atoms with Crippen LogP contribution in [0.2, 0.25) is 0 Å². The Balaban J connectivity index is 1.92. The molecule has 0 atom stereocenters. The molecule has 0 aromatic heterocycles. The van der Waals surface area contributed by atoms with Crippen LogP contribution in [0.1, 0.15) is 27.0 Å². The summed E-state index contributed by atoms with van der Waals surface area (Å²) in [6.45, 7) is 6.99. The summed E-state index contributed by atoms with van der Waals surface area (Å²) in [5.74, 6) is -0.0999. The standard InChI is InChI=1S/C20H22BrNO5S/c1-13-10-14(2)19(15(3)11-13)27-20(23)16-4-5-17(21)18(12-16)28(24,25)22-6-8-26-9-7-22/h4-5,10-12H,6-9H2,1-3H3. The second-order valence-corrected chi connectivity index (χ2v) is 9.54. The summed E-state index contributed by atoms with van der Waals surface area (Å²) in [6.07, 6.45) is 0. The summed E-state index contributed by atoms with van der Waals surface area (Å²) in [7, 11) is -3.74. The van der Waals surface area contributed by atoms with Crippen molar-refractivity contribution in [3.63, 3.8) is 0 Å². The summed E-state index contributed by atoms with van der Waals surface area (Å²) in [5.41, 5.74) is 2.96. The molecule has 6 nitrogen and oxygen atoms in total. The van der Waals surface area contributed by atoms with E-state index in [0.717, 1.165) is 16.7 Å². The molecule has 1 fully saturated rings. The number of halogens is 1. The van der Waals surface area contributed by atoms with Crippen molar-refractivity contribution in [3.8, 4) is 5.75 Å². The smallest absolute Gasteiger partial charge is 0.343 e. The van der Waals surface area contributed by atoms with Gasteiger partial charge in [-0.1, -0.05) is 17.7 Å². The fourth-order valence-corrected chi connectivity index (χ4v) is 5.59. The van der Waals surface area contributed by atoms with Crippen molar-refractivity contribution in [2.75, 3.05) is 26.3 Å². The normalized spacial score (nSPS) is 15.4. The van der Waals surface area contributed by atoms with Gasteiger partial charge in [-0.3, -0.25) is 0 Å². The number of aryl methyl sites for hydroxylation is 3. The van der Waals surface area contributed by atoms with E-state index >= 15 is 0 Å². The van der Waals surface area contributed by atoms with Gasteiger partial charge < -0.3 is 9.47 Å². The lowest BCUT2D eigenvalue weighted by atomic mass is 10.1. The molecule has 0 aliphatic carbocycles. The summed E-state index contributed by atoms with van der Waals surface area (Å²) < 4.78 is 38.5. The van der Waals surface area contributed by atoms with Crippen LogP contribution in [0.3, 0.4) is 0 Å². The van der Waals surface area contributed by atoms with Crippen molar-refractivity contribution < 1.29 is 22.7 Å². The zero-order valence-electron chi connectivity index (χ0n) is 16.0. The first-order valence-corrected chi connectivity index (χ1v) is 11.1. The quantitative estimate of drug-likeness (QED) is 0.507. The topological polar surface area (TPSA) is 72.9 Å². The Morgan fingerprint density at radius 3 is 2.29 bits per heavy atom. The lowest BCUT2D eigenvalue weighted by Crippen LogP contribution is -2.40. The molecule has 2 aromatic rings. The Morgan fingerprint density at radius 2 is 1.68 bits per heavy atom. The number of sulfonamides is 1. The molecule has 3 rings (SSSR count). The molecule has 1 aliphatic heterocycles. The third-order valence-corrected chi connectivity index (χ3v) is 7.45. The first-order chi connectivity index (χ1) is 13.2. The van der Waals surface area contributed by atoms with Crippen LogP contribution in [0, 0.1) is 20.8 Å². The van der Waals surface area contributed by atoms with E-state index in [1.54, 1.807) is 12.1 Å². The van der Waals surface area contributed by atoms with E-state index < -0.39 is 16.0 Å². The highest BCUT2D eigenvalue weighted by atomic mass is 79.9. The Morgan fingerprint density at radius 1 is 1.07 bits per heavy atom. The largest absolute Gasteiger partial charge is 0.422 e. The number of esters is 1. The highest BCUT2D eigenvalue weighted by molar-refractivity contribution is 9.10.